The zero-order chi connectivity index (χ0) is 14.7. The maximum absolute atomic E-state index is 13.7. The Balaban J connectivity index is 2.02. The van der Waals surface area contributed by atoms with Crippen LogP contribution in [0, 0.1) is 17.6 Å². The molecule has 0 aliphatic heterocycles. The largest absolute Gasteiger partial charge is 0.352 e. The van der Waals surface area contributed by atoms with E-state index in [-0.39, 0.29) is 4.47 Å². The van der Waals surface area contributed by atoms with Crippen LogP contribution in [0.15, 0.2) is 16.6 Å². The number of hydrogen-bond acceptors (Lipinski definition) is 1. The van der Waals surface area contributed by atoms with Gasteiger partial charge in [-0.05, 0) is 30.9 Å². The van der Waals surface area contributed by atoms with Crippen molar-refractivity contribution in [3.8, 4) is 0 Å². The van der Waals surface area contributed by atoms with Gasteiger partial charge in [-0.15, -0.1) is 0 Å². The Morgan fingerprint density at radius 3 is 2.45 bits per heavy atom. The van der Waals surface area contributed by atoms with Gasteiger partial charge in [0.25, 0.3) is 5.91 Å². The van der Waals surface area contributed by atoms with Crippen molar-refractivity contribution >= 4 is 37.8 Å². The molecule has 110 valence electrons. The van der Waals surface area contributed by atoms with E-state index in [1.807, 2.05) is 0 Å². The lowest BCUT2D eigenvalue weighted by Gasteiger charge is -2.27. The van der Waals surface area contributed by atoms with E-state index in [4.69, 9.17) is 0 Å². The summed E-state index contributed by atoms with van der Waals surface area (Å²) in [5.41, 5.74) is -0.518. The minimum atomic E-state index is -0.853. The average Bonchev–Trinajstić information content (AvgIpc) is 2.36. The van der Waals surface area contributed by atoms with Crippen LogP contribution in [0.1, 0.15) is 36.0 Å². The molecule has 1 amide bonds. The number of halogens is 4. The van der Waals surface area contributed by atoms with Crippen molar-refractivity contribution in [1.29, 1.82) is 0 Å². The summed E-state index contributed by atoms with van der Waals surface area (Å²) in [5, 5.41) is 2.64. The molecule has 20 heavy (non-hydrogen) atoms. The molecule has 1 fully saturated rings. The average molecular weight is 411 g/mol. The zero-order valence-electron chi connectivity index (χ0n) is 10.8. The Bertz CT molecular complexity index is 487. The van der Waals surface area contributed by atoms with Crippen LogP contribution in [0.4, 0.5) is 8.78 Å². The second kappa shape index (κ2) is 6.98. The van der Waals surface area contributed by atoms with Crippen LogP contribution in [-0.2, 0) is 0 Å². The van der Waals surface area contributed by atoms with E-state index in [9.17, 15) is 13.6 Å². The molecule has 0 saturated heterocycles. The van der Waals surface area contributed by atoms with Gasteiger partial charge in [0.2, 0.25) is 0 Å². The third-order valence-corrected chi connectivity index (χ3v) is 5.24. The quantitative estimate of drug-likeness (QED) is 0.734. The van der Waals surface area contributed by atoms with Gasteiger partial charge in [0.05, 0.1) is 0 Å². The van der Waals surface area contributed by atoms with Crippen molar-refractivity contribution in [2.45, 2.75) is 30.5 Å². The number of benzene rings is 1. The lowest BCUT2D eigenvalue weighted by molar-refractivity contribution is 0.0936. The molecular formula is C14H15Br2F2NO. The molecule has 1 aromatic carbocycles. The first-order chi connectivity index (χ1) is 9.49. The van der Waals surface area contributed by atoms with Crippen molar-refractivity contribution in [2.24, 2.45) is 5.92 Å². The molecule has 2 unspecified atom stereocenters. The Hall–Kier alpha value is -0.490. The molecule has 2 nitrogen and oxygen atoms in total. The zero-order valence-corrected chi connectivity index (χ0v) is 13.9. The molecule has 6 heteroatoms. The summed E-state index contributed by atoms with van der Waals surface area (Å²) >= 11 is 6.58. The number of hydrogen-bond donors (Lipinski definition) is 1. The van der Waals surface area contributed by atoms with Gasteiger partial charge >= 0.3 is 0 Å². The van der Waals surface area contributed by atoms with Gasteiger partial charge in [-0.2, -0.15) is 0 Å². The molecule has 0 bridgehead atoms. The van der Waals surface area contributed by atoms with Gasteiger partial charge in [-0.1, -0.05) is 44.7 Å². The topological polar surface area (TPSA) is 29.1 Å². The standard InChI is InChI=1S/C14H15Br2F2NO/c15-9-5-11(17)13(12(18)6-9)14(20)19-7-8-3-1-2-4-10(8)16/h5-6,8,10H,1-4,7H2,(H,19,20). The molecule has 1 aliphatic carbocycles. The summed E-state index contributed by atoms with van der Waals surface area (Å²) in [5.74, 6) is -2.09. The predicted molar refractivity (Wildman–Crippen MR) is 81.1 cm³/mol. The predicted octanol–water partition coefficient (Wildman–Crippen LogP) is 4.41. The number of alkyl halides is 1. The minimum Gasteiger partial charge on any atom is -0.352 e. The highest BCUT2D eigenvalue weighted by atomic mass is 79.9. The van der Waals surface area contributed by atoms with E-state index in [0.717, 1.165) is 31.4 Å². The first-order valence-electron chi connectivity index (χ1n) is 6.56. The molecule has 0 heterocycles. The molecule has 2 rings (SSSR count). The van der Waals surface area contributed by atoms with Gasteiger partial charge in [0, 0.05) is 15.8 Å². The summed E-state index contributed by atoms with van der Waals surface area (Å²) in [6.45, 7) is 0.434. The Kier molecular flexibility index (Phi) is 5.55. The van der Waals surface area contributed by atoms with Gasteiger partial charge in [0.1, 0.15) is 17.2 Å². The molecule has 2 atom stereocenters. The summed E-state index contributed by atoms with van der Waals surface area (Å²) in [4.78, 5) is 12.3. The fourth-order valence-corrected chi connectivity index (χ4v) is 3.64. The molecule has 1 aliphatic rings. The lowest BCUT2D eigenvalue weighted by Crippen LogP contribution is -2.35. The number of rotatable bonds is 3. The van der Waals surface area contributed by atoms with E-state index >= 15 is 0 Å². The highest BCUT2D eigenvalue weighted by Gasteiger charge is 2.24. The molecule has 1 saturated carbocycles. The molecule has 0 aromatic heterocycles. The van der Waals surface area contributed by atoms with E-state index in [2.05, 4.69) is 37.2 Å². The first-order valence-corrected chi connectivity index (χ1v) is 8.26. The molecule has 1 aromatic rings. The first kappa shape index (κ1) is 15.9. The number of carbonyl (C=O) groups is 1. The second-order valence-electron chi connectivity index (χ2n) is 5.01. The number of nitrogens with one attached hydrogen (secondary N) is 1. The van der Waals surface area contributed by atoms with Crippen molar-refractivity contribution < 1.29 is 13.6 Å². The Morgan fingerprint density at radius 2 is 1.85 bits per heavy atom. The second-order valence-corrected chi connectivity index (χ2v) is 7.11. The smallest absolute Gasteiger partial charge is 0.257 e. The number of amides is 1. The molecular weight excluding hydrogens is 396 g/mol. The molecule has 1 N–H and O–H groups in total. The van der Waals surface area contributed by atoms with Crippen LogP contribution in [0.3, 0.4) is 0 Å². The van der Waals surface area contributed by atoms with E-state index < -0.39 is 23.1 Å². The fraction of sp³-hybridized carbons (Fsp3) is 0.500. The highest BCUT2D eigenvalue weighted by Crippen LogP contribution is 2.29. The maximum atomic E-state index is 13.7. The van der Waals surface area contributed by atoms with Crippen LogP contribution >= 0.6 is 31.9 Å². The molecule has 0 radical (unpaired) electrons. The summed E-state index contributed by atoms with van der Waals surface area (Å²) in [6, 6.07) is 2.18. The fourth-order valence-electron chi connectivity index (χ4n) is 2.46. The molecule has 0 spiro atoms. The highest BCUT2D eigenvalue weighted by molar-refractivity contribution is 9.10. The van der Waals surface area contributed by atoms with Crippen LogP contribution in [-0.4, -0.2) is 17.3 Å². The lowest BCUT2D eigenvalue weighted by atomic mass is 9.89. The van der Waals surface area contributed by atoms with E-state index in [0.29, 0.717) is 17.3 Å². The third-order valence-electron chi connectivity index (χ3n) is 3.58. The van der Waals surface area contributed by atoms with Crippen molar-refractivity contribution in [2.75, 3.05) is 6.54 Å². The van der Waals surface area contributed by atoms with Crippen LogP contribution in [0.2, 0.25) is 0 Å². The van der Waals surface area contributed by atoms with Crippen molar-refractivity contribution in [1.82, 2.24) is 5.32 Å². The SMILES string of the molecule is O=C(NCC1CCCCC1Br)c1c(F)cc(Br)cc1F. The third kappa shape index (κ3) is 3.79. The maximum Gasteiger partial charge on any atom is 0.257 e. The Labute approximate surface area is 133 Å². The van der Waals surface area contributed by atoms with Gasteiger partial charge in [0.15, 0.2) is 0 Å². The van der Waals surface area contributed by atoms with Crippen LogP contribution in [0.5, 0.6) is 0 Å². The van der Waals surface area contributed by atoms with Crippen molar-refractivity contribution in [3.05, 3.63) is 33.8 Å². The Morgan fingerprint density at radius 1 is 1.25 bits per heavy atom. The summed E-state index contributed by atoms with van der Waals surface area (Å²) in [7, 11) is 0. The van der Waals surface area contributed by atoms with E-state index in [1.165, 1.54) is 6.42 Å². The normalized spacial score (nSPS) is 22.6. The summed E-state index contributed by atoms with van der Waals surface area (Å²) < 4.78 is 27.6. The number of carbonyl (C=O) groups excluding carboxylic acids is 1. The minimum absolute atomic E-state index is 0.275. The van der Waals surface area contributed by atoms with Gasteiger partial charge in [-0.25, -0.2) is 8.78 Å². The van der Waals surface area contributed by atoms with Crippen LogP contribution < -0.4 is 5.32 Å². The summed E-state index contributed by atoms with van der Waals surface area (Å²) in [6.07, 6.45) is 4.39. The monoisotopic (exact) mass is 409 g/mol. The van der Waals surface area contributed by atoms with E-state index in [1.54, 1.807) is 0 Å². The van der Waals surface area contributed by atoms with Crippen molar-refractivity contribution in [3.63, 3.8) is 0 Å². The van der Waals surface area contributed by atoms with Gasteiger partial charge in [-0.3, -0.25) is 4.79 Å². The van der Waals surface area contributed by atoms with Crippen LogP contribution in [0.25, 0.3) is 0 Å². The van der Waals surface area contributed by atoms with Gasteiger partial charge < -0.3 is 5.32 Å².